The third-order valence-electron chi connectivity index (χ3n) is 3.58. The molecule has 0 aliphatic carbocycles. The van der Waals surface area contributed by atoms with Gasteiger partial charge in [0.05, 0.1) is 12.8 Å². The first-order chi connectivity index (χ1) is 11.5. The van der Waals surface area contributed by atoms with Gasteiger partial charge in [0, 0.05) is 21.2 Å². The number of aromatic nitrogens is 1. The van der Waals surface area contributed by atoms with Crippen LogP contribution in [0, 0.1) is 0 Å². The molecule has 0 amide bonds. The number of methoxy groups -OCH3 is 1. The van der Waals surface area contributed by atoms with E-state index in [4.69, 9.17) is 16.3 Å². The lowest BCUT2D eigenvalue weighted by Gasteiger charge is -2.13. The van der Waals surface area contributed by atoms with Crippen molar-refractivity contribution in [3.05, 3.63) is 69.8 Å². The number of ether oxygens (including phenoxy) is 1. The monoisotopic (exact) mass is 405 g/mol. The fraction of sp³-hybridized carbons (Fsp3) is 0.0556. The van der Waals surface area contributed by atoms with E-state index >= 15 is 0 Å². The molecular weight excluding hydrogens is 394 g/mol. The Morgan fingerprint density at radius 1 is 1.12 bits per heavy atom. The molecule has 0 aliphatic heterocycles. The van der Waals surface area contributed by atoms with Gasteiger partial charge in [0.2, 0.25) is 0 Å². The van der Waals surface area contributed by atoms with E-state index in [0.717, 1.165) is 15.7 Å². The van der Waals surface area contributed by atoms with Crippen LogP contribution in [0.1, 0.15) is 10.5 Å². The van der Waals surface area contributed by atoms with Crippen molar-refractivity contribution in [2.75, 3.05) is 7.11 Å². The van der Waals surface area contributed by atoms with Crippen molar-refractivity contribution in [1.29, 1.82) is 0 Å². The molecule has 0 atom stereocenters. The van der Waals surface area contributed by atoms with Gasteiger partial charge in [-0.2, -0.15) is 0 Å². The van der Waals surface area contributed by atoms with Crippen LogP contribution in [0.4, 0.5) is 0 Å². The molecule has 24 heavy (non-hydrogen) atoms. The van der Waals surface area contributed by atoms with E-state index in [1.807, 2.05) is 36.4 Å². The fourth-order valence-corrected chi connectivity index (χ4v) is 2.87. The predicted octanol–water partition coefficient (Wildman–Crippen LogP) is 5.05. The number of carbonyl (C=O) groups excluding carboxylic acids is 1. The van der Waals surface area contributed by atoms with Crippen molar-refractivity contribution < 1.29 is 14.6 Å². The average molecular weight is 407 g/mol. The molecule has 3 aromatic rings. The Labute approximate surface area is 152 Å². The first-order valence-corrected chi connectivity index (χ1v) is 8.23. The minimum atomic E-state index is -0.615. The van der Waals surface area contributed by atoms with Gasteiger partial charge in [0.25, 0.3) is 0 Å². The zero-order chi connectivity index (χ0) is 17.3. The minimum Gasteiger partial charge on any atom is -0.505 e. The lowest BCUT2D eigenvalue weighted by atomic mass is 10.1. The molecule has 0 aliphatic rings. The Morgan fingerprint density at radius 2 is 1.75 bits per heavy atom. The Hall–Kier alpha value is -2.24. The van der Waals surface area contributed by atoms with Gasteiger partial charge < -0.3 is 14.4 Å². The Balaban J connectivity index is 2.27. The molecule has 1 heterocycles. The number of rotatable bonds is 3. The molecule has 2 aromatic carbocycles. The van der Waals surface area contributed by atoms with E-state index in [0.29, 0.717) is 10.7 Å². The summed E-state index contributed by atoms with van der Waals surface area (Å²) in [5, 5.41) is 10.9. The summed E-state index contributed by atoms with van der Waals surface area (Å²) in [6.45, 7) is 0. The molecule has 0 saturated carbocycles. The molecule has 4 nitrogen and oxygen atoms in total. The van der Waals surface area contributed by atoms with Crippen LogP contribution in [0.3, 0.4) is 0 Å². The van der Waals surface area contributed by atoms with E-state index in [1.54, 1.807) is 16.7 Å². The summed E-state index contributed by atoms with van der Waals surface area (Å²) in [5.74, 6) is -0.759. The van der Waals surface area contributed by atoms with Crippen molar-refractivity contribution in [3.8, 4) is 22.7 Å². The van der Waals surface area contributed by atoms with E-state index < -0.39 is 5.97 Å². The molecule has 0 spiro atoms. The highest BCUT2D eigenvalue weighted by Gasteiger charge is 2.23. The topological polar surface area (TPSA) is 51.5 Å². The first-order valence-electron chi connectivity index (χ1n) is 7.06. The van der Waals surface area contributed by atoms with Crippen LogP contribution in [0.5, 0.6) is 5.75 Å². The molecule has 1 aromatic heterocycles. The van der Waals surface area contributed by atoms with Crippen LogP contribution >= 0.6 is 27.5 Å². The van der Waals surface area contributed by atoms with Gasteiger partial charge in [-0.3, -0.25) is 0 Å². The second-order valence-electron chi connectivity index (χ2n) is 5.07. The summed E-state index contributed by atoms with van der Waals surface area (Å²) in [6, 6.07) is 16.1. The molecule has 0 radical (unpaired) electrons. The number of halogens is 2. The van der Waals surface area contributed by atoms with E-state index in [1.165, 1.54) is 13.2 Å². The van der Waals surface area contributed by atoms with Gasteiger partial charge >= 0.3 is 5.97 Å². The number of hydrogen-bond acceptors (Lipinski definition) is 3. The molecule has 0 saturated heterocycles. The molecule has 122 valence electrons. The molecule has 6 heteroatoms. The number of hydrogen-bond donors (Lipinski definition) is 1. The smallest absolute Gasteiger partial charge is 0.358 e. The number of carbonyl (C=O) groups is 1. The van der Waals surface area contributed by atoms with Crippen LogP contribution in [0.15, 0.2) is 59.1 Å². The van der Waals surface area contributed by atoms with Crippen LogP contribution in [0.2, 0.25) is 5.02 Å². The fourth-order valence-electron chi connectivity index (χ4n) is 2.48. The van der Waals surface area contributed by atoms with Crippen molar-refractivity contribution in [3.63, 3.8) is 0 Å². The zero-order valence-electron chi connectivity index (χ0n) is 12.7. The second kappa shape index (κ2) is 6.71. The lowest BCUT2D eigenvalue weighted by molar-refractivity contribution is 0.0588. The van der Waals surface area contributed by atoms with Gasteiger partial charge in [-0.1, -0.05) is 39.7 Å². The largest absolute Gasteiger partial charge is 0.505 e. The SMILES string of the molecule is COC(=O)c1c(O)cc(-c2ccc(Cl)cc2)n1-c1ccc(Br)cc1. The van der Waals surface area contributed by atoms with Crippen LogP contribution in [0.25, 0.3) is 16.9 Å². The van der Waals surface area contributed by atoms with Gasteiger partial charge in [-0.25, -0.2) is 4.79 Å². The molecular formula is C18H13BrClNO3. The zero-order valence-corrected chi connectivity index (χ0v) is 15.0. The molecule has 3 rings (SSSR count). The maximum absolute atomic E-state index is 12.2. The maximum atomic E-state index is 12.2. The average Bonchev–Trinajstić information content (AvgIpc) is 2.93. The summed E-state index contributed by atoms with van der Waals surface area (Å²) in [6.07, 6.45) is 0. The van der Waals surface area contributed by atoms with Crippen LogP contribution in [-0.4, -0.2) is 22.8 Å². The van der Waals surface area contributed by atoms with Crippen molar-refractivity contribution in [2.45, 2.75) is 0 Å². The molecule has 0 bridgehead atoms. The third kappa shape index (κ3) is 3.05. The highest BCUT2D eigenvalue weighted by molar-refractivity contribution is 9.10. The highest BCUT2D eigenvalue weighted by Crippen LogP contribution is 2.34. The number of aromatic hydroxyl groups is 1. The summed E-state index contributed by atoms with van der Waals surface area (Å²) < 4.78 is 7.40. The van der Waals surface area contributed by atoms with E-state index in [-0.39, 0.29) is 11.4 Å². The van der Waals surface area contributed by atoms with Crippen molar-refractivity contribution in [1.82, 2.24) is 4.57 Å². The minimum absolute atomic E-state index is 0.0739. The molecule has 0 fully saturated rings. The van der Waals surface area contributed by atoms with E-state index in [2.05, 4.69) is 15.9 Å². The molecule has 0 unspecified atom stereocenters. The number of nitrogens with zero attached hydrogens (tertiary/aromatic N) is 1. The number of esters is 1. The highest BCUT2D eigenvalue weighted by atomic mass is 79.9. The summed E-state index contributed by atoms with van der Waals surface area (Å²) >= 11 is 9.34. The second-order valence-corrected chi connectivity index (χ2v) is 6.43. The lowest BCUT2D eigenvalue weighted by Crippen LogP contribution is -2.10. The standard InChI is InChI=1S/C18H13BrClNO3/c1-24-18(23)17-16(22)10-15(11-2-6-13(20)7-3-11)21(17)14-8-4-12(19)5-9-14/h2-10,22H,1H3. The van der Waals surface area contributed by atoms with Gasteiger partial charge in [-0.05, 0) is 42.0 Å². The molecule has 1 N–H and O–H groups in total. The Kier molecular flexibility index (Phi) is 4.64. The Morgan fingerprint density at radius 3 is 2.33 bits per heavy atom. The van der Waals surface area contributed by atoms with E-state index in [9.17, 15) is 9.90 Å². The van der Waals surface area contributed by atoms with Crippen molar-refractivity contribution >= 4 is 33.5 Å². The first kappa shape index (κ1) is 16.6. The summed E-state index contributed by atoms with van der Waals surface area (Å²) in [5.41, 5.74) is 2.27. The van der Waals surface area contributed by atoms with Gasteiger partial charge in [0.15, 0.2) is 5.69 Å². The quantitative estimate of drug-likeness (QED) is 0.619. The van der Waals surface area contributed by atoms with Gasteiger partial charge in [0.1, 0.15) is 5.75 Å². The van der Waals surface area contributed by atoms with Gasteiger partial charge in [-0.15, -0.1) is 0 Å². The Bertz CT molecular complexity index is 886. The normalized spacial score (nSPS) is 10.6. The maximum Gasteiger partial charge on any atom is 0.358 e. The van der Waals surface area contributed by atoms with Crippen LogP contribution in [-0.2, 0) is 4.74 Å². The van der Waals surface area contributed by atoms with Crippen LogP contribution < -0.4 is 0 Å². The predicted molar refractivity (Wildman–Crippen MR) is 96.9 cm³/mol. The summed E-state index contributed by atoms with van der Waals surface area (Å²) in [4.78, 5) is 12.2. The summed E-state index contributed by atoms with van der Waals surface area (Å²) in [7, 11) is 1.28. The van der Waals surface area contributed by atoms with Crippen molar-refractivity contribution in [2.24, 2.45) is 0 Å². The third-order valence-corrected chi connectivity index (χ3v) is 4.36. The number of benzene rings is 2.